The summed E-state index contributed by atoms with van der Waals surface area (Å²) in [5.74, 6) is 3.71. The van der Waals surface area contributed by atoms with Crippen LogP contribution in [0.3, 0.4) is 0 Å². The van der Waals surface area contributed by atoms with Crippen LogP contribution in [0.1, 0.15) is 13.8 Å². The van der Waals surface area contributed by atoms with E-state index < -0.39 is 12.2 Å². The van der Waals surface area contributed by atoms with E-state index in [1.807, 2.05) is 0 Å². The molecule has 0 radical (unpaired) electrons. The first-order chi connectivity index (χ1) is 8.91. The number of hydrogen-bond acceptors (Lipinski definition) is 7. The highest BCUT2D eigenvalue weighted by Crippen LogP contribution is 2.13. The van der Waals surface area contributed by atoms with Crippen molar-refractivity contribution in [1.82, 2.24) is 0 Å². The summed E-state index contributed by atoms with van der Waals surface area (Å²) in [7, 11) is 0. The van der Waals surface area contributed by atoms with Crippen LogP contribution in [0.25, 0.3) is 0 Å². The van der Waals surface area contributed by atoms with Crippen molar-refractivity contribution in [3.63, 3.8) is 0 Å². The van der Waals surface area contributed by atoms with Gasteiger partial charge in [-0.15, -0.1) is 0 Å². The Morgan fingerprint density at radius 3 is 1.11 bits per heavy atom. The highest BCUT2D eigenvalue weighted by Gasteiger charge is 2.09. The number of aliphatic hydroxyl groups excluding tert-OH is 4. The highest BCUT2D eigenvalue weighted by molar-refractivity contribution is 8.00. The van der Waals surface area contributed by atoms with Gasteiger partial charge in [0.25, 0.3) is 0 Å². The average molecular weight is 331 g/mol. The zero-order valence-corrected chi connectivity index (χ0v) is 14.0. The number of rotatable bonds is 12. The maximum Gasteiger partial charge on any atom is 0.0720 e. The summed E-state index contributed by atoms with van der Waals surface area (Å²) in [6.07, 6.45) is -1.47. The lowest BCUT2D eigenvalue weighted by atomic mass is 10.5. The van der Waals surface area contributed by atoms with E-state index in [0.29, 0.717) is 34.5 Å². The molecule has 0 aromatic heterocycles. The van der Waals surface area contributed by atoms with E-state index >= 15 is 0 Å². The van der Waals surface area contributed by atoms with E-state index in [9.17, 15) is 10.2 Å². The fraction of sp³-hybridized carbons (Fsp3) is 1.00. The Hall–Kier alpha value is 0.890. The summed E-state index contributed by atoms with van der Waals surface area (Å²) in [6.45, 7) is 3.46. The quantitative estimate of drug-likeness (QED) is 0.419. The van der Waals surface area contributed by atoms with Gasteiger partial charge in [0.15, 0.2) is 0 Å². The van der Waals surface area contributed by atoms with Crippen molar-refractivity contribution in [1.29, 1.82) is 0 Å². The zero-order valence-electron chi connectivity index (χ0n) is 11.6. The van der Waals surface area contributed by atoms with Crippen LogP contribution >= 0.6 is 35.3 Å². The van der Waals surface area contributed by atoms with Gasteiger partial charge in [0.2, 0.25) is 0 Å². The lowest BCUT2D eigenvalue weighted by Gasteiger charge is -2.13. The second kappa shape index (κ2) is 12.6. The first-order valence-corrected chi connectivity index (χ1v) is 9.83. The van der Waals surface area contributed by atoms with Crippen LogP contribution in [0.2, 0.25) is 0 Å². The average Bonchev–Trinajstić information content (AvgIpc) is 2.27. The van der Waals surface area contributed by atoms with Crippen LogP contribution in [0.15, 0.2) is 0 Å². The molecule has 19 heavy (non-hydrogen) atoms. The Bertz CT molecular complexity index is 185. The predicted molar refractivity (Wildman–Crippen MR) is 87.4 cm³/mol. The second-order valence-corrected chi connectivity index (χ2v) is 7.84. The van der Waals surface area contributed by atoms with E-state index in [-0.39, 0.29) is 12.2 Å². The van der Waals surface area contributed by atoms with Crippen molar-refractivity contribution < 1.29 is 20.4 Å². The van der Waals surface area contributed by atoms with Crippen LogP contribution in [-0.4, -0.2) is 79.4 Å². The summed E-state index contributed by atoms with van der Waals surface area (Å²) in [4.78, 5) is 0. The minimum absolute atomic E-state index is 0.336. The molecule has 0 aliphatic heterocycles. The molecule has 0 saturated heterocycles. The van der Waals surface area contributed by atoms with Gasteiger partial charge in [-0.2, -0.15) is 35.3 Å². The predicted octanol–water partition coefficient (Wildman–Crippen LogP) is 0.669. The molecule has 0 bridgehead atoms. The largest absolute Gasteiger partial charge is 0.393 e. The van der Waals surface area contributed by atoms with Gasteiger partial charge in [-0.25, -0.2) is 0 Å². The Balaban J connectivity index is 3.40. The van der Waals surface area contributed by atoms with Crippen molar-refractivity contribution in [3.05, 3.63) is 0 Å². The van der Waals surface area contributed by atoms with Gasteiger partial charge in [-0.05, 0) is 13.8 Å². The standard InChI is InChI=1S/C12H26O4S3/c1-9(13)3-17-5-11(15)7-19-8-12(16)6-18-4-10(2)14/h9-16H,3-8H2,1-2H3. The molecule has 0 heterocycles. The third-order valence-electron chi connectivity index (χ3n) is 1.96. The molecule has 0 rings (SSSR count). The molecule has 0 amide bonds. The molecule has 0 aromatic rings. The van der Waals surface area contributed by atoms with Crippen LogP contribution in [0.4, 0.5) is 0 Å². The molecule has 116 valence electrons. The Morgan fingerprint density at radius 2 is 0.842 bits per heavy atom. The van der Waals surface area contributed by atoms with Crippen LogP contribution < -0.4 is 0 Å². The maximum absolute atomic E-state index is 9.68. The number of hydrogen-bond donors (Lipinski definition) is 4. The molecule has 0 aliphatic carbocycles. The Kier molecular flexibility index (Phi) is 13.2. The lowest BCUT2D eigenvalue weighted by Crippen LogP contribution is -2.19. The van der Waals surface area contributed by atoms with Crippen LogP contribution in [-0.2, 0) is 0 Å². The molecule has 0 saturated carbocycles. The maximum atomic E-state index is 9.68. The Labute approximate surface area is 128 Å². The monoisotopic (exact) mass is 330 g/mol. The number of aliphatic hydroxyl groups is 4. The van der Waals surface area contributed by atoms with Gasteiger partial charge in [0.1, 0.15) is 0 Å². The molecule has 0 fully saturated rings. The highest BCUT2D eigenvalue weighted by atomic mass is 32.2. The SMILES string of the molecule is CC(O)CSCC(O)CSCC(O)CSCC(C)O. The van der Waals surface area contributed by atoms with Crippen LogP contribution in [0, 0.1) is 0 Å². The minimum atomic E-state index is -0.397. The van der Waals surface area contributed by atoms with E-state index in [2.05, 4.69) is 0 Å². The molecule has 0 spiro atoms. The normalized spacial score (nSPS) is 18.0. The van der Waals surface area contributed by atoms with E-state index in [4.69, 9.17) is 10.2 Å². The molecule has 7 heteroatoms. The second-order valence-electron chi connectivity index (χ2n) is 4.62. The molecule has 4 unspecified atom stereocenters. The molecule has 0 aromatic carbocycles. The van der Waals surface area contributed by atoms with Crippen LogP contribution in [0.5, 0.6) is 0 Å². The smallest absolute Gasteiger partial charge is 0.0720 e. The van der Waals surface area contributed by atoms with Gasteiger partial charge in [0, 0.05) is 34.5 Å². The summed E-state index contributed by atoms with van der Waals surface area (Å²) in [6, 6.07) is 0. The van der Waals surface area contributed by atoms with Gasteiger partial charge in [-0.3, -0.25) is 0 Å². The van der Waals surface area contributed by atoms with Gasteiger partial charge in [-0.1, -0.05) is 0 Å². The molecular formula is C12H26O4S3. The van der Waals surface area contributed by atoms with Crippen molar-refractivity contribution >= 4 is 35.3 Å². The minimum Gasteiger partial charge on any atom is -0.393 e. The van der Waals surface area contributed by atoms with Crippen molar-refractivity contribution in [3.8, 4) is 0 Å². The van der Waals surface area contributed by atoms with Gasteiger partial charge < -0.3 is 20.4 Å². The van der Waals surface area contributed by atoms with Crippen molar-refractivity contribution in [2.24, 2.45) is 0 Å². The molecule has 4 nitrogen and oxygen atoms in total. The molecule has 0 aliphatic rings. The first-order valence-electron chi connectivity index (χ1n) is 6.37. The topological polar surface area (TPSA) is 80.9 Å². The van der Waals surface area contributed by atoms with E-state index in [1.54, 1.807) is 13.8 Å². The lowest BCUT2D eigenvalue weighted by molar-refractivity contribution is 0.216. The van der Waals surface area contributed by atoms with Crippen molar-refractivity contribution in [2.45, 2.75) is 38.3 Å². The summed E-state index contributed by atoms with van der Waals surface area (Å²) < 4.78 is 0. The summed E-state index contributed by atoms with van der Waals surface area (Å²) in [5.41, 5.74) is 0. The third-order valence-corrected chi connectivity index (χ3v) is 5.88. The fourth-order valence-corrected chi connectivity index (χ4v) is 4.13. The van der Waals surface area contributed by atoms with Crippen molar-refractivity contribution in [2.75, 3.05) is 34.5 Å². The zero-order chi connectivity index (χ0) is 14.7. The first kappa shape index (κ1) is 19.9. The van der Waals surface area contributed by atoms with E-state index in [1.165, 1.54) is 35.3 Å². The third kappa shape index (κ3) is 15.1. The molecule has 4 N–H and O–H groups in total. The molecule has 4 atom stereocenters. The van der Waals surface area contributed by atoms with Gasteiger partial charge >= 0.3 is 0 Å². The van der Waals surface area contributed by atoms with E-state index in [0.717, 1.165) is 0 Å². The van der Waals surface area contributed by atoms with Gasteiger partial charge in [0.05, 0.1) is 24.4 Å². The molecular weight excluding hydrogens is 304 g/mol. The Morgan fingerprint density at radius 1 is 0.579 bits per heavy atom. The summed E-state index contributed by atoms with van der Waals surface area (Å²) in [5, 5.41) is 37.5. The fourth-order valence-electron chi connectivity index (χ4n) is 1.19. The number of thioether (sulfide) groups is 3. The summed E-state index contributed by atoms with van der Waals surface area (Å²) >= 11 is 4.61.